The summed E-state index contributed by atoms with van der Waals surface area (Å²) < 4.78 is 13.4. The van der Waals surface area contributed by atoms with Crippen LogP contribution < -0.4 is 5.32 Å². The third-order valence-electron chi connectivity index (χ3n) is 2.54. The van der Waals surface area contributed by atoms with Crippen molar-refractivity contribution in [1.82, 2.24) is 0 Å². The summed E-state index contributed by atoms with van der Waals surface area (Å²) in [6.07, 6.45) is -0.0795. The van der Waals surface area contributed by atoms with E-state index in [1.807, 2.05) is 0 Å². The van der Waals surface area contributed by atoms with Crippen LogP contribution in [0.1, 0.15) is 5.56 Å². The Morgan fingerprint density at radius 1 is 1.26 bits per heavy atom. The minimum absolute atomic E-state index is 0.0112. The summed E-state index contributed by atoms with van der Waals surface area (Å²) >= 11 is 5.86. The number of amides is 1. The van der Waals surface area contributed by atoms with Crippen LogP contribution in [0, 0.1) is 5.82 Å². The van der Waals surface area contributed by atoms with Crippen LogP contribution in [0.3, 0.4) is 0 Å². The Bertz CT molecular complexity index is 616. The number of halogens is 2. The molecule has 2 aromatic carbocycles. The van der Waals surface area contributed by atoms with Gasteiger partial charge in [-0.15, -0.1) is 0 Å². The van der Waals surface area contributed by atoms with Gasteiger partial charge in [-0.25, -0.2) is 4.39 Å². The van der Waals surface area contributed by atoms with Crippen LogP contribution in [0.15, 0.2) is 42.5 Å². The molecular formula is C14H11ClFNO2. The van der Waals surface area contributed by atoms with Crippen LogP contribution in [-0.4, -0.2) is 11.0 Å². The highest BCUT2D eigenvalue weighted by molar-refractivity contribution is 6.33. The second kappa shape index (κ2) is 5.71. The number of nitrogens with one attached hydrogen (secondary N) is 1. The van der Waals surface area contributed by atoms with E-state index in [-0.39, 0.29) is 23.1 Å². The topological polar surface area (TPSA) is 49.3 Å². The third-order valence-corrected chi connectivity index (χ3v) is 2.85. The fourth-order valence-electron chi connectivity index (χ4n) is 1.61. The molecule has 1 amide bonds. The summed E-state index contributed by atoms with van der Waals surface area (Å²) in [6.45, 7) is 0. The fourth-order valence-corrected chi connectivity index (χ4v) is 1.84. The maximum Gasteiger partial charge on any atom is 0.228 e. The molecule has 3 nitrogen and oxygen atoms in total. The van der Waals surface area contributed by atoms with Crippen molar-refractivity contribution >= 4 is 23.2 Å². The Morgan fingerprint density at radius 2 is 2.00 bits per heavy atom. The van der Waals surface area contributed by atoms with Gasteiger partial charge in [-0.05, 0) is 23.8 Å². The van der Waals surface area contributed by atoms with E-state index in [1.54, 1.807) is 18.2 Å². The van der Waals surface area contributed by atoms with Gasteiger partial charge in [0, 0.05) is 6.07 Å². The molecule has 2 rings (SSSR count). The van der Waals surface area contributed by atoms with Crippen LogP contribution in [0.2, 0.25) is 5.02 Å². The molecule has 19 heavy (non-hydrogen) atoms. The first kappa shape index (κ1) is 13.4. The van der Waals surface area contributed by atoms with Gasteiger partial charge in [0.25, 0.3) is 0 Å². The molecule has 0 aliphatic rings. The average molecular weight is 280 g/mol. The molecule has 0 aliphatic heterocycles. The van der Waals surface area contributed by atoms with Crippen molar-refractivity contribution in [3.8, 4) is 5.75 Å². The minimum atomic E-state index is -0.422. The van der Waals surface area contributed by atoms with Gasteiger partial charge < -0.3 is 10.4 Å². The van der Waals surface area contributed by atoms with Crippen LogP contribution >= 0.6 is 11.6 Å². The number of carbonyl (C=O) groups is 1. The lowest BCUT2D eigenvalue weighted by Gasteiger charge is -2.08. The summed E-state index contributed by atoms with van der Waals surface area (Å²) in [5.41, 5.74) is 0.690. The van der Waals surface area contributed by atoms with Crippen LogP contribution in [-0.2, 0) is 11.2 Å². The van der Waals surface area contributed by atoms with E-state index in [0.29, 0.717) is 11.3 Å². The highest BCUT2D eigenvalue weighted by Gasteiger charge is 2.10. The van der Waals surface area contributed by atoms with Gasteiger partial charge in [0.15, 0.2) is 0 Å². The molecule has 2 N–H and O–H groups in total. The number of hydrogen-bond donors (Lipinski definition) is 2. The van der Waals surface area contributed by atoms with Crippen LogP contribution in [0.4, 0.5) is 10.1 Å². The number of anilines is 1. The molecule has 0 saturated carbocycles. The second-order valence-electron chi connectivity index (χ2n) is 3.98. The molecule has 0 unspecified atom stereocenters. The molecule has 0 atom stereocenters. The van der Waals surface area contributed by atoms with Gasteiger partial charge in [0.05, 0.1) is 17.1 Å². The zero-order valence-corrected chi connectivity index (χ0v) is 10.6. The molecule has 0 aromatic heterocycles. The number of phenolic OH excluding ortho intramolecular Hbond substituents is 1. The predicted octanol–water partition coefficient (Wildman–Crippen LogP) is 3.37. The van der Waals surface area contributed by atoms with Gasteiger partial charge in [0.2, 0.25) is 5.91 Å². The lowest BCUT2D eigenvalue weighted by atomic mass is 10.1. The molecule has 2 aromatic rings. The largest absolute Gasteiger partial charge is 0.508 e. The molecule has 0 radical (unpaired) electrons. The van der Waals surface area contributed by atoms with Gasteiger partial charge in [-0.2, -0.15) is 0 Å². The summed E-state index contributed by atoms with van der Waals surface area (Å²) in [4.78, 5) is 11.8. The Hall–Kier alpha value is -2.07. The molecule has 0 spiro atoms. The van der Waals surface area contributed by atoms with E-state index in [1.165, 1.54) is 24.3 Å². The number of carbonyl (C=O) groups excluding carboxylic acids is 1. The van der Waals surface area contributed by atoms with Gasteiger partial charge in [-0.1, -0.05) is 29.8 Å². The first-order chi connectivity index (χ1) is 9.06. The SMILES string of the molecule is O=C(Cc1ccccc1F)Nc1ccc(O)cc1Cl. The summed E-state index contributed by atoms with van der Waals surface area (Å²) in [6, 6.07) is 10.3. The molecular weight excluding hydrogens is 269 g/mol. The zero-order valence-electron chi connectivity index (χ0n) is 9.86. The van der Waals surface area contributed by atoms with Crippen molar-refractivity contribution in [1.29, 1.82) is 0 Å². The summed E-state index contributed by atoms with van der Waals surface area (Å²) in [7, 11) is 0. The van der Waals surface area contributed by atoms with E-state index in [0.717, 1.165) is 0 Å². The molecule has 0 aliphatic carbocycles. The van der Waals surface area contributed by atoms with E-state index in [2.05, 4.69) is 5.32 Å². The number of benzene rings is 2. The minimum Gasteiger partial charge on any atom is -0.508 e. The van der Waals surface area contributed by atoms with Crippen LogP contribution in [0.5, 0.6) is 5.75 Å². The van der Waals surface area contributed by atoms with Gasteiger partial charge >= 0.3 is 0 Å². The third kappa shape index (κ3) is 3.45. The fraction of sp³-hybridized carbons (Fsp3) is 0.0714. The van der Waals surface area contributed by atoms with E-state index < -0.39 is 5.82 Å². The standard InChI is InChI=1S/C14H11ClFNO2/c15-11-8-10(18)5-6-13(11)17-14(19)7-9-3-1-2-4-12(9)16/h1-6,8,18H,7H2,(H,17,19). The highest BCUT2D eigenvalue weighted by Crippen LogP contribution is 2.26. The van der Waals surface area contributed by atoms with Crippen molar-refractivity contribution < 1.29 is 14.3 Å². The van der Waals surface area contributed by atoms with E-state index >= 15 is 0 Å². The van der Waals surface area contributed by atoms with Crippen molar-refractivity contribution in [2.45, 2.75) is 6.42 Å². The molecule has 98 valence electrons. The normalized spacial score (nSPS) is 10.2. The molecule has 0 bridgehead atoms. The van der Waals surface area contributed by atoms with E-state index in [9.17, 15) is 14.3 Å². The Kier molecular flexibility index (Phi) is 4.02. The average Bonchev–Trinajstić information content (AvgIpc) is 2.36. The van der Waals surface area contributed by atoms with Gasteiger partial charge in [0.1, 0.15) is 11.6 Å². The Morgan fingerprint density at radius 3 is 2.68 bits per heavy atom. The summed E-state index contributed by atoms with van der Waals surface area (Å²) in [5, 5.41) is 12.0. The van der Waals surface area contributed by atoms with Crippen molar-refractivity contribution in [2.24, 2.45) is 0 Å². The predicted molar refractivity (Wildman–Crippen MR) is 71.9 cm³/mol. The maximum absolute atomic E-state index is 13.4. The number of aromatic hydroxyl groups is 1. The van der Waals surface area contributed by atoms with Gasteiger partial charge in [-0.3, -0.25) is 4.79 Å². The van der Waals surface area contributed by atoms with Crippen molar-refractivity contribution in [2.75, 3.05) is 5.32 Å². The number of phenols is 1. The summed E-state index contributed by atoms with van der Waals surface area (Å²) in [5.74, 6) is -0.788. The van der Waals surface area contributed by atoms with Crippen molar-refractivity contribution in [3.05, 3.63) is 58.9 Å². The second-order valence-corrected chi connectivity index (χ2v) is 4.39. The zero-order chi connectivity index (χ0) is 13.8. The number of rotatable bonds is 3. The Balaban J connectivity index is 2.08. The first-order valence-electron chi connectivity index (χ1n) is 5.58. The van der Waals surface area contributed by atoms with Crippen molar-refractivity contribution in [3.63, 3.8) is 0 Å². The molecule has 0 heterocycles. The maximum atomic E-state index is 13.4. The van der Waals surface area contributed by atoms with Crippen LogP contribution in [0.25, 0.3) is 0 Å². The highest BCUT2D eigenvalue weighted by atomic mass is 35.5. The lowest BCUT2D eigenvalue weighted by molar-refractivity contribution is -0.115. The smallest absolute Gasteiger partial charge is 0.228 e. The van der Waals surface area contributed by atoms with E-state index in [4.69, 9.17) is 11.6 Å². The molecule has 0 saturated heterocycles. The molecule has 5 heteroatoms. The quantitative estimate of drug-likeness (QED) is 0.847. The molecule has 0 fully saturated rings. The number of hydrogen-bond acceptors (Lipinski definition) is 2. The monoisotopic (exact) mass is 279 g/mol. The lowest BCUT2D eigenvalue weighted by Crippen LogP contribution is -2.15. The first-order valence-corrected chi connectivity index (χ1v) is 5.96. The Labute approximate surface area is 114 Å².